The third-order valence-corrected chi connectivity index (χ3v) is 6.36. The third kappa shape index (κ3) is 4.37. The van der Waals surface area contributed by atoms with Gasteiger partial charge in [0, 0.05) is 21.9 Å². The summed E-state index contributed by atoms with van der Waals surface area (Å²) in [6.07, 6.45) is 3.34. The number of carbonyl (C=O) groups excluding carboxylic acids is 1. The SMILES string of the molecule is O=C(C=Cc1cccc(-c2cc3ccccc3oc2=O)c1-c1ccc2ccccc2n1)c1ccccc1. The molecule has 0 aliphatic heterocycles. The lowest BCUT2D eigenvalue weighted by atomic mass is 9.92. The first-order chi connectivity index (χ1) is 18.2. The van der Waals surface area contributed by atoms with Crippen molar-refractivity contribution in [3.05, 3.63) is 143 Å². The number of pyridine rings is 1. The molecule has 176 valence electrons. The molecule has 4 heteroatoms. The molecule has 0 fully saturated rings. The Morgan fingerprint density at radius 1 is 0.703 bits per heavy atom. The Labute approximate surface area is 213 Å². The summed E-state index contributed by atoms with van der Waals surface area (Å²) < 4.78 is 5.66. The van der Waals surface area contributed by atoms with Crippen LogP contribution >= 0.6 is 0 Å². The molecule has 6 aromatic rings. The molecule has 37 heavy (non-hydrogen) atoms. The van der Waals surface area contributed by atoms with Gasteiger partial charge in [0.05, 0.1) is 16.8 Å². The van der Waals surface area contributed by atoms with Crippen LogP contribution in [0, 0.1) is 0 Å². The van der Waals surface area contributed by atoms with E-state index < -0.39 is 5.63 Å². The maximum absolute atomic E-state index is 13.1. The predicted octanol–water partition coefficient (Wildman–Crippen LogP) is 7.57. The first-order valence-corrected chi connectivity index (χ1v) is 12.0. The lowest BCUT2D eigenvalue weighted by Crippen LogP contribution is -2.05. The van der Waals surface area contributed by atoms with Crippen LogP contribution in [0.2, 0.25) is 0 Å². The van der Waals surface area contributed by atoms with Gasteiger partial charge in [0.25, 0.3) is 0 Å². The molecule has 0 saturated carbocycles. The number of hydrogen-bond acceptors (Lipinski definition) is 4. The summed E-state index contributed by atoms with van der Waals surface area (Å²) in [5.41, 5.74) is 4.92. The number of nitrogens with zero attached hydrogens (tertiary/aromatic N) is 1. The van der Waals surface area contributed by atoms with Crippen LogP contribution in [-0.4, -0.2) is 10.8 Å². The molecule has 0 unspecified atom stereocenters. The van der Waals surface area contributed by atoms with E-state index in [4.69, 9.17) is 9.40 Å². The van der Waals surface area contributed by atoms with E-state index >= 15 is 0 Å². The van der Waals surface area contributed by atoms with Gasteiger partial charge in [-0.25, -0.2) is 9.78 Å². The molecule has 2 heterocycles. The van der Waals surface area contributed by atoms with E-state index in [2.05, 4.69) is 0 Å². The molecule has 0 spiro atoms. The van der Waals surface area contributed by atoms with Gasteiger partial charge in [-0.15, -0.1) is 0 Å². The zero-order valence-corrected chi connectivity index (χ0v) is 19.8. The fourth-order valence-electron chi connectivity index (χ4n) is 4.54. The number of benzene rings is 4. The van der Waals surface area contributed by atoms with Gasteiger partial charge in [-0.2, -0.15) is 0 Å². The van der Waals surface area contributed by atoms with E-state index in [1.54, 1.807) is 30.4 Å². The smallest absolute Gasteiger partial charge is 0.344 e. The van der Waals surface area contributed by atoms with E-state index in [-0.39, 0.29) is 5.78 Å². The van der Waals surface area contributed by atoms with Crippen molar-refractivity contribution in [2.75, 3.05) is 0 Å². The fourth-order valence-corrected chi connectivity index (χ4v) is 4.54. The largest absolute Gasteiger partial charge is 0.422 e. The Morgan fingerprint density at radius 2 is 1.46 bits per heavy atom. The summed E-state index contributed by atoms with van der Waals surface area (Å²) in [6.45, 7) is 0. The Balaban J connectivity index is 1.57. The maximum atomic E-state index is 13.1. The van der Waals surface area contributed by atoms with Crippen LogP contribution in [0.3, 0.4) is 0 Å². The number of allylic oxidation sites excluding steroid dienone is 1. The van der Waals surface area contributed by atoms with Crippen molar-refractivity contribution in [1.82, 2.24) is 4.98 Å². The molecule has 0 N–H and O–H groups in total. The highest BCUT2D eigenvalue weighted by molar-refractivity contribution is 6.07. The van der Waals surface area contributed by atoms with Gasteiger partial charge in [-0.3, -0.25) is 4.79 Å². The number of rotatable bonds is 5. The number of aromatic nitrogens is 1. The summed E-state index contributed by atoms with van der Waals surface area (Å²) in [5, 5.41) is 1.85. The summed E-state index contributed by atoms with van der Waals surface area (Å²) in [6, 6.07) is 36.0. The lowest BCUT2D eigenvalue weighted by Gasteiger charge is -2.13. The van der Waals surface area contributed by atoms with Crippen LogP contribution < -0.4 is 5.63 Å². The molecule has 2 aromatic heterocycles. The van der Waals surface area contributed by atoms with E-state index in [0.717, 1.165) is 27.4 Å². The molecule has 0 atom stereocenters. The number of ketones is 1. The van der Waals surface area contributed by atoms with Crippen molar-refractivity contribution >= 4 is 33.7 Å². The lowest BCUT2D eigenvalue weighted by molar-refractivity contribution is 0.104. The van der Waals surface area contributed by atoms with Crippen molar-refractivity contribution in [3.63, 3.8) is 0 Å². The van der Waals surface area contributed by atoms with E-state index in [9.17, 15) is 9.59 Å². The van der Waals surface area contributed by atoms with Gasteiger partial charge in [0.15, 0.2) is 5.78 Å². The number of fused-ring (bicyclic) bond motifs is 2. The number of para-hydroxylation sites is 2. The van der Waals surface area contributed by atoms with Crippen molar-refractivity contribution in [2.45, 2.75) is 0 Å². The average Bonchev–Trinajstić information content (AvgIpc) is 2.95. The zero-order valence-electron chi connectivity index (χ0n) is 19.8. The monoisotopic (exact) mass is 479 g/mol. The van der Waals surface area contributed by atoms with Gasteiger partial charge < -0.3 is 4.42 Å². The summed E-state index contributed by atoms with van der Waals surface area (Å²) in [4.78, 5) is 30.9. The Kier molecular flexibility index (Phi) is 5.75. The Bertz CT molecular complexity index is 1870. The van der Waals surface area contributed by atoms with Crippen LogP contribution in [-0.2, 0) is 0 Å². The highest BCUT2D eigenvalue weighted by atomic mass is 16.4. The molecule has 0 bridgehead atoms. The first-order valence-electron chi connectivity index (χ1n) is 12.0. The first kappa shape index (κ1) is 22.4. The van der Waals surface area contributed by atoms with Crippen LogP contribution in [0.1, 0.15) is 15.9 Å². The molecule has 0 aliphatic rings. The minimum absolute atomic E-state index is 0.103. The second-order valence-corrected chi connectivity index (χ2v) is 8.71. The van der Waals surface area contributed by atoms with Gasteiger partial charge in [-0.1, -0.05) is 97.1 Å². The van der Waals surface area contributed by atoms with Crippen molar-refractivity contribution in [3.8, 4) is 22.4 Å². The fraction of sp³-hybridized carbons (Fsp3) is 0. The predicted molar refractivity (Wildman–Crippen MR) is 148 cm³/mol. The van der Waals surface area contributed by atoms with Crippen LogP contribution in [0.4, 0.5) is 0 Å². The average molecular weight is 480 g/mol. The minimum Gasteiger partial charge on any atom is -0.422 e. The van der Waals surface area contributed by atoms with Crippen molar-refractivity contribution in [1.29, 1.82) is 0 Å². The molecule has 0 saturated heterocycles. The quantitative estimate of drug-likeness (QED) is 0.145. The molecule has 0 radical (unpaired) electrons. The van der Waals surface area contributed by atoms with Gasteiger partial charge in [0.1, 0.15) is 5.58 Å². The third-order valence-electron chi connectivity index (χ3n) is 6.36. The Hall–Kier alpha value is -5.09. The molecule has 0 amide bonds. The number of carbonyl (C=O) groups is 1. The van der Waals surface area contributed by atoms with E-state index in [1.807, 2.05) is 97.1 Å². The number of hydrogen-bond donors (Lipinski definition) is 0. The molecule has 4 nitrogen and oxygen atoms in total. The van der Waals surface area contributed by atoms with Gasteiger partial charge >= 0.3 is 5.63 Å². The van der Waals surface area contributed by atoms with Crippen LogP contribution in [0.5, 0.6) is 0 Å². The zero-order chi connectivity index (χ0) is 25.2. The second-order valence-electron chi connectivity index (χ2n) is 8.71. The highest BCUT2D eigenvalue weighted by Gasteiger charge is 2.17. The van der Waals surface area contributed by atoms with E-state index in [1.165, 1.54) is 0 Å². The summed E-state index contributed by atoms with van der Waals surface area (Å²) >= 11 is 0. The Morgan fingerprint density at radius 3 is 2.32 bits per heavy atom. The molecule has 4 aromatic carbocycles. The van der Waals surface area contributed by atoms with Gasteiger partial charge in [-0.05, 0) is 41.5 Å². The molecular weight excluding hydrogens is 458 g/mol. The van der Waals surface area contributed by atoms with Crippen LogP contribution in [0.25, 0.3) is 50.3 Å². The maximum Gasteiger partial charge on any atom is 0.344 e. The molecule has 6 rings (SSSR count). The van der Waals surface area contributed by atoms with E-state index in [0.29, 0.717) is 28.0 Å². The minimum atomic E-state index is -0.428. The normalized spacial score (nSPS) is 11.4. The van der Waals surface area contributed by atoms with Gasteiger partial charge in [0.2, 0.25) is 0 Å². The van der Waals surface area contributed by atoms with Crippen LogP contribution in [0.15, 0.2) is 131 Å². The highest BCUT2D eigenvalue weighted by Crippen LogP contribution is 2.35. The standard InChI is InChI=1S/C33H21NO3/c35-30(23-10-2-1-3-11-23)20-18-24-13-8-14-26(27-21-25-12-5-7-16-31(25)37-33(27)36)32(24)29-19-17-22-9-4-6-15-28(22)34-29/h1-21H. The van der Waals surface area contributed by atoms with Crippen molar-refractivity contribution < 1.29 is 9.21 Å². The summed E-state index contributed by atoms with van der Waals surface area (Å²) in [5.74, 6) is -0.103. The van der Waals surface area contributed by atoms with Crippen molar-refractivity contribution in [2.24, 2.45) is 0 Å². The molecule has 0 aliphatic carbocycles. The topological polar surface area (TPSA) is 60.2 Å². The summed E-state index contributed by atoms with van der Waals surface area (Å²) in [7, 11) is 0. The second kappa shape index (κ2) is 9.51. The molecular formula is C33H21NO3.